The van der Waals surface area contributed by atoms with Crippen LogP contribution in [-0.4, -0.2) is 24.5 Å². The normalized spacial score (nSPS) is 24.9. The van der Waals surface area contributed by atoms with Crippen LogP contribution in [-0.2, 0) is 0 Å². The third-order valence-electron chi connectivity index (χ3n) is 4.92. The molecule has 0 bridgehead atoms. The van der Waals surface area contributed by atoms with Gasteiger partial charge in [-0.25, -0.2) is 0 Å². The molecule has 0 radical (unpaired) electrons. The van der Waals surface area contributed by atoms with Gasteiger partial charge >= 0.3 is 0 Å². The van der Waals surface area contributed by atoms with Crippen molar-refractivity contribution in [1.29, 1.82) is 0 Å². The average molecular weight is 274 g/mol. The van der Waals surface area contributed by atoms with Crippen LogP contribution in [0.3, 0.4) is 0 Å². The SMILES string of the molecule is Cc1ccc(C(N)CN(C)C2CCC(C)CC2)c(C)c1. The summed E-state index contributed by atoms with van der Waals surface area (Å²) in [5, 5.41) is 0. The molecule has 0 spiro atoms. The summed E-state index contributed by atoms with van der Waals surface area (Å²) in [6, 6.07) is 7.46. The minimum Gasteiger partial charge on any atom is -0.323 e. The topological polar surface area (TPSA) is 29.3 Å². The zero-order valence-electron chi connectivity index (χ0n) is 13.5. The number of rotatable bonds is 4. The molecule has 0 aliphatic heterocycles. The van der Waals surface area contributed by atoms with Gasteiger partial charge in [-0.3, -0.25) is 0 Å². The molecule has 1 atom stereocenters. The van der Waals surface area contributed by atoms with Gasteiger partial charge in [0.05, 0.1) is 0 Å². The molecule has 0 aromatic heterocycles. The van der Waals surface area contributed by atoms with E-state index in [0.717, 1.165) is 18.5 Å². The van der Waals surface area contributed by atoms with Crippen molar-refractivity contribution in [2.24, 2.45) is 11.7 Å². The molecule has 112 valence electrons. The highest BCUT2D eigenvalue weighted by Crippen LogP contribution is 2.27. The summed E-state index contributed by atoms with van der Waals surface area (Å²) in [6.07, 6.45) is 5.40. The lowest BCUT2D eigenvalue weighted by molar-refractivity contribution is 0.162. The lowest BCUT2D eigenvalue weighted by atomic mass is 9.86. The number of likely N-dealkylation sites (N-methyl/N-ethyl adjacent to an activating group) is 1. The van der Waals surface area contributed by atoms with Gasteiger partial charge in [0.1, 0.15) is 0 Å². The predicted molar refractivity (Wildman–Crippen MR) is 86.9 cm³/mol. The molecular formula is C18H30N2. The fourth-order valence-electron chi connectivity index (χ4n) is 3.48. The molecule has 1 fully saturated rings. The Bertz CT molecular complexity index is 433. The molecule has 1 saturated carbocycles. The van der Waals surface area contributed by atoms with E-state index in [1.807, 2.05) is 0 Å². The fourth-order valence-corrected chi connectivity index (χ4v) is 3.48. The monoisotopic (exact) mass is 274 g/mol. The number of aryl methyl sites for hydroxylation is 2. The van der Waals surface area contributed by atoms with E-state index in [4.69, 9.17) is 5.73 Å². The van der Waals surface area contributed by atoms with Crippen molar-refractivity contribution in [2.45, 2.75) is 58.5 Å². The van der Waals surface area contributed by atoms with Gasteiger partial charge in [0.25, 0.3) is 0 Å². The lowest BCUT2D eigenvalue weighted by Crippen LogP contribution is -2.39. The van der Waals surface area contributed by atoms with Crippen LogP contribution in [0.1, 0.15) is 55.3 Å². The van der Waals surface area contributed by atoms with Gasteiger partial charge in [-0.15, -0.1) is 0 Å². The second-order valence-electron chi connectivity index (χ2n) is 6.82. The average Bonchev–Trinajstić information content (AvgIpc) is 2.39. The third kappa shape index (κ3) is 3.83. The largest absolute Gasteiger partial charge is 0.323 e. The molecule has 1 unspecified atom stereocenters. The van der Waals surface area contributed by atoms with E-state index < -0.39 is 0 Å². The van der Waals surface area contributed by atoms with E-state index in [9.17, 15) is 0 Å². The van der Waals surface area contributed by atoms with Crippen molar-refractivity contribution >= 4 is 0 Å². The molecule has 2 nitrogen and oxygen atoms in total. The number of hydrogen-bond acceptors (Lipinski definition) is 2. The van der Waals surface area contributed by atoms with Gasteiger partial charge in [0.2, 0.25) is 0 Å². The van der Waals surface area contributed by atoms with E-state index in [-0.39, 0.29) is 6.04 Å². The van der Waals surface area contributed by atoms with Crippen LogP contribution in [0.4, 0.5) is 0 Å². The van der Waals surface area contributed by atoms with E-state index >= 15 is 0 Å². The zero-order chi connectivity index (χ0) is 14.7. The van der Waals surface area contributed by atoms with E-state index in [0.29, 0.717) is 0 Å². The highest BCUT2D eigenvalue weighted by Gasteiger charge is 2.23. The minimum atomic E-state index is 0.125. The molecule has 2 N–H and O–H groups in total. The molecule has 1 aliphatic carbocycles. The Hall–Kier alpha value is -0.860. The molecule has 0 saturated heterocycles. The Labute approximate surface area is 124 Å². The van der Waals surface area contributed by atoms with Crippen LogP contribution in [0, 0.1) is 19.8 Å². The van der Waals surface area contributed by atoms with E-state index in [1.54, 1.807) is 0 Å². The first-order chi connectivity index (χ1) is 9.47. The Morgan fingerprint density at radius 3 is 2.45 bits per heavy atom. The number of hydrogen-bond donors (Lipinski definition) is 1. The Morgan fingerprint density at radius 2 is 1.85 bits per heavy atom. The molecule has 2 rings (SSSR count). The van der Waals surface area contributed by atoms with E-state index in [1.165, 1.54) is 42.4 Å². The summed E-state index contributed by atoms with van der Waals surface area (Å²) < 4.78 is 0. The van der Waals surface area contributed by atoms with Gasteiger partial charge < -0.3 is 10.6 Å². The van der Waals surface area contributed by atoms with Crippen LogP contribution in [0.2, 0.25) is 0 Å². The molecule has 1 aliphatic rings. The van der Waals surface area contributed by atoms with Gasteiger partial charge in [-0.2, -0.15) is 0 Å². The van der Waals surface area contributed by atoms with Gasteiger partial charge in [-0.05, 0) is 63.6 Å². The van der Waals surface area contributed by atoms with Crippen molar-refractivity contribution in [2.75, 3.05) is 13.6 Å². The van der Waals surface area contributed by atoms with E-state index in [2.05, 4.69) is 50.9 Å². The Balaban J connectivity index is 1.95. The maximum absolute atomic E-state index is 6.44. The summed E-state index contributed by atoms with van der Waals surface area (Å²) in [6.45, 7) is 7.64. The van der Waals surface area contributed by atoms with Crippen LogP contribution < -0.4 is 5.73 Å². The van der Waals surface area contributed by atoms with Crippen molar-refractivity contribution in [3.63, 3.8) is 0 Å². The van der Waals surface area contributed by atoms with Crippen LogP contribution in [0.25, 0.3) is 0 Å². The second-order valence-corrected chi connectivity index (χ2v) is 6.82. The smallest absolute Gasteiger partial charge is 0.0426 e. The highest BCUT2D eigenvalue weighted by atomic mass is 15.1. The number of nitrogens with two attached hydrogens (primary N) is 1. The zero-order valence-corrected chi connectivity index (χ0v) is 13.5. The highest BCUT2D eigenvalue weighted by molar-refractivity contribution is 5.32. The van der Waals surface area contributed by atoms with Gasteiger partial charge in [-0.1, -0.05) is 30.7 Å². The first kappa shape index (κ1) is 15.5. The summed E-state index contributed by atoms with van der Waals surface area (Å²) in [5.74, 6) is 0.910. The van der Waals surface area contributed by atoms with Crippen molar-refractivity contribution < 1.29 is 0 Å². The molecule has 0 amide bonds. The summed E-state index contributed by atoms with van der Waals surface area (Å²) in [7, 11) is 2.24. The fraction of sp³-hybridized carbons (Fsp3) is 0.667. The lowest BCUT2D eigenvalue weighted by Gasteiger charge is -2.35. The molecule has 2 heteroatoms. The summed E-state index contributed by atoms with van der Waals surface area (Å²) in [4.78, 5) is 2.48. The van der Waals surface area contributed by atoms with Crippen LogP contribution in [0.5, 0.6) is 0 Å². The first-order valence-electron chi connectivity index (χ1n) is 8.00. The molecule has 0 heterocycles. The molecular weight excluding hydrogens is 244 g/mol. The van der Waals surface area contributed by atoms with Crippen molar-refractivity contribution in [3.8, 4) is 0 Å². The maximum Gasteiger partial charge on any atom is 0.0426 e. The Kier molecular flexibility index (Phi) is 5.22. The van der Waals surface area contributed by atoms with Crippen LogP contribution >= 0.6 is 0 Å². The van der Waals surface area contributed by atoms with Gasteiger partial charge in [0.15, 0.2) is 0 Å². The number of nitrogens with zero attached hydrogens (tertiary/aromatic N) is 1. The van der Waals surface area contributed by atoms with Crippen molar-refractivity contribution in [3.05, 3.63) is 34.9 Å². The number of benzene rings is 1. The predicted octanol–water partition coefficient (Wildman–Crippen LogP) is 3.81. The Morgan fingerprint density at radius 1 is 1.20 bits per heavy atom. The summed E-state index contributed by atoms with van der Waals surface area (Å²) in [5.41, 5.74) is 10.4. The van der Waals surface area contributed by atoms with Gasteiger partial charge in [0, 0.05) is 18.6 Å². The first-order valence-corrected chi connectivity index (χ1v) is 8.00. The van der Waals surface area contributed by atoms with Crippen molar-refractivity contribution in [1.82, 2.24) is 4.90 Å². The molecule has 1 aromatic carbocycles. The second kappa shape index (κ2) is 6.73. The quantitative estimate of drug-likeness (QED) is 0.904. The molecule has 20 heavy (non-hydrogen) atoms. The molecule has 1 aromatic rings. The standard InChI is InChI=1S/C18H30N2/c1-13-5-8-16(9-6-13)20(4)12-18(19)17-10-7-14(2)11-15(17)3/h7,10-11,13,16,18H,5-6,8-9,12,19H2,1-4H3. The minimum absolute atomic E-state index is 0.125. The van der Waals surface area contributed by atoms with Crippen LogP contribution in [0.15, 0.2) is 18.2 Å². The summed E-state index contributed by atoms with van der Waals surface area (Å²) >= 11 is 0. The third-order valence-corrected chi connectivity index (χ3v) is 4.92. The maximum atomic E-state index is 6.44.